The van der Waals surface area contributed by atoms with Crippen LogP contribution in [0.4, 0.5) is 0 Å². The fourth-order valence-corrected chi connectivity index (χ4v) is 4.13. The van der Waals surface area contributed by atoms with Gasteiger partial charge in [-0.25, -0.2) is 4.98 Å². The van der Waals surface area contributed by atoms with Crippen LogP contribution in [-0.4, -0.2) is 77.3 Å². The van der Waals surface area contributed by atoms with Crippen molar-refractivity contribution < 1.29 is 0 Å². The van der Waals surface area contributed by atoms with Crippen LogP contribution < -0.4 is 5.32 Å². The Labute approximate surface area is 157 Å². The van der Waals surface area contributed by atoms with E-state index in [2.05, 4.69) is 35.3 Å². The van der Waals surface area contributed by atoms with Gasteiger partial charge in [0, 0.05) is 32.6 Å². The molecule has 0 spiro atoms. The minimum Gasteiger partial charge on any atom is -0.356 e. The summed E-state index contributed by atoms with van der Waals surface area (Å²) in [5.41, 5.74) is 0. The first-order chi connectivity index (χ1) is 12.9. The average Bonchev–Trinajstić information content (AvgIpc) is 3.23. The van der Waals surface area contributed by atoms with Crippen LogP contribution in [0.15, 0.2) is 11.3 Å². The van der Waals surface area contributed by atoms with Gasteiger partial charge < -0.3 is 15.1 Å². The van der Waals surface area contributed by atoms with E-state index in [1.54, 1.807) is 6.33 Å². The molecule has 26 heavy (non-hydrogen) atoms. The molecule has 7 nitrogen and oxygen atoms in total. The average molecular weight is 362 g/mol. The third-order valence-electron chi connectivity index (χ3n) is 5.71. The molecule has 0 saturated carbocycles. The van der Waals surface area contributed by atoms with Gasteiger partial charge in [-0.3, -0.25) is 10.1 Å². The minimum absolute atomic E-state index is 0.502. The predicted octanol–water partition coefficient (Wildman–Crippen LogP) is 2.22. The van der Waals surface area contributed by atoms with Crippen LogP contribution in [0.1, 0.15) is 63.1 Å². The van der Waals surface area contributed by atoms with E-state index in [0.717, 1.165) is 44.3 Å². The number of nitrogens with one attached hydrogen (secondary N) is 2. The van der Waals surface area contributed by atoms with Crippen molar-refractivity contribution in [2.75, 3.05) is 46.3 Å². The highest BCUT2D eigenvalue weighted by molar-refractivity contribution is 5.79. The van der Waals surface area contributed by atoms with E-state index >= 15 is 0 Å². The molecule has 0 atom stereocenters. The second kappa shape index (κ2) is 10.5. The zero-order chi connectivity index (χ0) is 18.0. The second-order valence-corrected chi connectivity index (χ2v) is 7.57. The van der Waals surface area contributed by atoms with Crippen molar-refractivity contribution in [3.63, 3.8) is 0 Å². The Kier molecular flexibility index (Phi) is 7.73. The van der Waals surface area contributed by atoms with Gasteiger partial charge in [-0.15, -0.1) is 0 Å². The number of aliphatic imine (C=N–C) groups is 1. The molecule has 0 aliphatic carbocycles. The monoisotopic (exact) mass is 361 g/mol. The van der Waals surface area contributed by atoms with E-state index in [1.165, 1.54) is 58.2 Å². The highest BCUT2D eigenvalue weighted by Crippen LogP contribution is 2.24. The van der Waals surface area contributed by atoms with Crippen molar-refractivity contribution in [3.05, 3.63) is 12.2 Å². The van der Waals surface area contributed by atoms with Gasteiger partial charge >= 0.3 is 0 Å². The van der Waals surface area contributed by atoms with Gasteiger partial charge in [-0.05, 0) is 58.2 Å². The summed E-state index contributed by atoms with van der Waals surface area (Å²) < 4.78 is 0. The maximum Gasteiger partial charge on any atom is 0.193 e. The van der Waals surface area contributed by atoms with Crippen LogP contribution in [0, 0.1) is 0 Å². The number of hydrogen-bond acceptors (Lipinski definition) is 4. The smallest absolute Gasteiger partial charge is 0.193 e. The van der Waals surface area contributed by atoms with Gasteiger partial charge in [0.25, 0.3) is 0 Å². The molecule has 2 N–H and O–H groups in total. The maximum absolute atomic E-state index is 4.48. The van der Waals surface area contributed by atoms with Crippen LogP contribution in [0.5, 0.6) is 0 Å². The lowest BCUT2D eigenvalue weighted by molar-refractivity contribution is 0.224. The number of likely N-dealkylation sites (tertiary alicyclic amines) is 2. The number of aromatic nitrogens is 3. The Morgan fingerprint density at radius 3 is 2.65 bits per heavy atom. The summed E-state index contributed by atoms with van der Waals surface area (Å²) in [7, 11) is 1.89. The van der Waals surface area contributed by atoms with Crippen LogP contribution in [-0.2, 0) is 0 Å². The van der Waals surface area contributed by atoms with Gasteiger partial charge in [-0.1, -0.05) is 12.8 Å². The largest absolute Gasteiger partial charge is 0.356 e. The van der Waals surface area contributed by atoms with E-state index in [1.807, 2.05) is 7.05 Å². The number of guanidine groups is 1. The van der Waals surface area contributed by atoms with Crippen molar-refractivity contribution in [2.45, 2.75) is 57.3 Å². The van der Waals surface area contributed by atoms with Gasteiger partial charge in [0.1, 0.15) is 12.2 Å². The molecule has 1 aromatic rings. The highest BCUT2D eigenvalue weighted by atomic mass is 15.3. The zero-order valence-corrected chi connectivity index (χ0v) is 16.3. The van der Waals surface area contributed by atoms with Gasteiger partial charge in [-0.2, -0.15) is 5.10 Å². The molecule has 7 heteroatoms. The molecule has 2 fully saturated rings. The first-order valence-corrected chi connectivity index (χ1v) is 10.4. The molecular formula is C19H35N7. The molecule has 2 saturated heterocycles. The van der Waals surface area contributed by atoms with E-state index < -0.39 is 0 Å². The van der Waals surface area contributed by atoms with E-state index in [4.69, 9.17) is 0 Å². The van der Waals surface area contributed by atoms with E-state index in [-0.39, 0.29) is 0 Å². The van der Waals surface area contributed by atoms with Gasteiger partial charge in [0.2, 0.25) is 0 Å². The van der Waals surface area contributed by atoms with Crippen LogP contribution in [0.2, 0.25) is 0 Å². The minimum atomic E-state index is 0.502. The maximum atomic E-state index is 4.48. The van der Waals surface area contributed by atoms with Crippen molar-refractivity contribution in [1.82, 2.24) is 30.3 Å². The zero-order valence-electron chi connectivity index (χ0n) is 16.3. The molecule has 0 bridgehead atoms. The number of rotatable bonds is 7. The molecular weight excluding hydrogens is 326 g/mol. The number of aromatic amines is 1. The molecule has 0 radical (unpaired) electrons. The number of hydrogen-bond donors (Lipinski definition) is 2. The first-order valence-electron chi connectivity index (χ1n) is 10.4. The number of nitrogens with zero attached hydrogens (tertiary/aromatic N) is 5. The molecule has 0 unspecified atom stereocenters. The molecule has 0 amide bonds. The van der Waals surface area contributed by atoms with Gasteiger partial charge in [0.15, 0.2) is 5.96 Å². The molecule has 2 aliphatic heterocycles. The van der Waals surface area contributed by atoms with Crippen LogP contribution in [0.3, 0.4) is 0 Å². The summed E-state index contributed by atoms with van der Waals surface area (Å²) in [6, 6.07) is 0. The lowest BCUT2D eigenvalue weighted by atomic mass is 9.96. The fraction of sp³-hybridized carbons (Fsp3) is 0.842. The quantitative estimate of drug-likeness (QED) is 0.443. The third kappa shape index (κ3) is 5.69. The van der Waals surface area contributed by atoms with E-state index in [9.17, 15) is 0 Å². The second-order valence-electron chi connectivity index (χ2n) is 7.57. The predicted molar refractivity (Wildman–Crippen MR) is 105 cm³/mol. The molecule has 0 aromatic carbocycles. The third-order valence-corrected chi connectivity index (χ3v) is 5.71. The Balaban J connectivity index is 1.27. The van der Waals surface area contributed by atoms with Crippen molar-refractivity contribution >= 4 is 5.96 Å². The number of piperidine rings is 2. The topological polar surface area (TPSA) is 72.4 Å². The Morgan fingerprint density at radius 1 is 1.15 bits per heavy atom. The standard InChI is InChI=1S/C19H35N7/c1-20-19(21-10-4-2-5-11-25-12-6-3-7-13-25)26-14-8-17(9-15-26)18-22-16-23-24-18/h16-17H,2-15H2,1H3,(H,20,21)(H,22,23,24). The summed E-state index contributed by atoms with van der Waals surface area (Å²) in [5, 5.41) is 10.5. The Morgan fingerprint density at radius 2 is 1.96 bits per heavy atom. The lowest BCUT2D eigenvalue weighted by Crippen LogP contribution is -2.45. The Bertz CT molecular complexity index is 514. The van der Waals surface area contributed by atoms with Crippen molar-refractivity contribution in [3.8, 4) is 0 Å². The lowest BCUT2D eigenvalue weighted by Gasteiger charge is -2.33. The van der Waals surface area contributed by atoms with Crippen LogP contribution >= 0.6 is 0 Å². The molecule has 3 rings (SSSR count). The van der Waals surface area contributed by atoms with Crippen molar-refractivity contribution in [2.24, 2.45) is 4.99 Å². The summed E-state index contributed by atoms with van der Waals surface area (Å²) in [4.78, 5) is 13.8. The number of H-pyrrole nitrogens is 1. The summed E-state index contributed by atoms with van der Waals surface area (Å²) in [5.74, 6) is 2.58. The molecule has 3 heterocycles. The molecule has 146 valence electrons. The van der Waals surface area contributed by atoms with Gasteiger partial charge in [0.05, 0.1) is 0 Å². The molecule has 1 aromatic heterocycles. The molecule has 2 aliphatic rings. The van der Waals surface area contributed by atoms with Crippen LogP contribution in [0.25, 0.3) is 0 Å². The summed E-state index contributed by atoms with van der Waals surface area (Å²) >= 11 is 0. The fourth-order valence-electron chi connectivity index (χ4n) is 4.13. The normalized spacial score (nSPS) is 20.5. The summed E-state index contributed by atoms with van der Waals surface area (Å²) in [6.07, 6.45) is 11.9. The Hall–Kier alpha value is -1.63. The summed E-state index contributed by atoms with van der Waals surface area (Å²) in [6.45, 7) is 6.99. The van der Waals surface area contributed by atoms with Crippen molar-refractivity contribution in [1.29, 1.82) is 0 Å². The highest BCUT2D eigenvalue weighted by Gasteiger charge is 2.24. The number of unbranched alkanes of at least 4 members (excludes halogenated alkanes) is 2. The van der Waals surface area contributed by atoms with E-state index in [0.29, 0.717) is 5.92 Å². The SMILES string of the molecule is CN=C(NCCCCCN1CCCCC1)N1CCC(c2ncn[nH]2)CC1. The first kappa shape index (κ1) is 19.1.